The van der Waals surface area contributed by atoms with Gasteiger partial charge in [0.1, 0.15) is 17.7 Å². The fraction of sp³-hybridized carbons (Fsp3) is 0.611. The summed E-state index contributed by atoms with van der Waals surface area (Å²) in [6.45, 7) is 8.31. The van der Waals surface area contributed by atoms with E-state index in [4.69, 9.17) is 10.8 Å². The maximum absolute atomic E-state index is 10.8. The molecule has 2 aromatic heterocycles. The van der Waals surface area contributed by atoms with Crippen molar-refractivity contribution < 1.29 is 9.90 Å². The molecule has 0 fully saturated rings. The van der Waals surface area contributed by atoms with E-state index in [1.807, 2.05) is 24.8 Å². The summed E-state index contributed by atoms with van der Waals surface area (Å²) in [6.07, 6.45) is 9.82. The first-order chi connectivity index (χ1) is 12.5. The fourth-order valence-electron chi connectivity index (χ4n) is 3.00. The third-order valence-corrected chi connectivity index (χ3v) is 4.57. The zero-order valence-electron chi connectivity index (χ0n) is 15.7. The first-order valence-electron chi connectivity index (χ1n) is 9.25. The van der Waals surface area contributed by atoms with Crippen molar-refractivity contribution in [2.24, 2.45) is 5.73 Å². The molecule has 2 heterocycles. The molecule has 0 aromatic carbocycles. The third kappa shape index (κ3) is 5.67. The van der Waals surface area contributed by atoms with E-state index in [2.05, 4.69) is 37.8 Å². The molecule has 1 atom stereocenters. The van der Waals surface area contributed by atoms with Crippen molar-refractivity contribution in [3.8, 4) is 0 Å². The predicted molar refractivity (Wildman–Crippen MR) is 99.4 cm³/mol. The lowest BCUT2D eigenvalue weighted by Crippen LogP contribution is -2.30. The quantitative estimate of drug-likeness (QED) is 0.557. The number of aryl methyl sites for hydroxylation is 2. The van der Waals surface area contributed by atoms with Crippen molar-refractivity contribution in [2.75, 3.05) is 6.54 Å². The molecule has 0 radical (unpaired) electrons. The predicted octanol–water partition coefficient (Wildman–Crippen LogP) is 1.70. The fourth-order valence-corrected chi connectivity index (χ4v) is 3.00. The molecule has 0 bridgehead atoms. The average molecular weight is 362 g/mol. The van der Waals surface area contributed by atoms with Crippen LogP contribution in [0, 0.1) is 0 Å². The highest BCUT2D eigenvalue weighted by atomic mass is 16.4. The van der Waals surface area contributed by atoms with E-state index >= 15 is 0 Å². The highest BCUT2D eigenvalue weighted by Crippen LogP contribution is 2.11. The van der Waals surface area contributed by atoms with E-state index in [1.54, 1.807) is 0 Å². The van der Waals surface area contributed by atoms with Crippen LogP contribution in [-0.4, -0.2) is 47.7 Å². The molecule has 3 N–H and O–H groups in total. The van der Waals surface area contributed by atoms with Gasteiger partial charge in [0.25, 0.3) is 0 Å². The summed E-state index contributed by atoms with van der Waals surface area (Å²) >= 11 is 0. The zero-order valence-corrected chi connectivity index (χ0v) is 15.7. The monoisotopic (exact) mass is 362 g/mol. The normalized spacial score (nSPS) is 12.6. The number of nitrogens with zero attached hydrogens (tertiary/aromatic N) is 5. The van der Waals surface area contributed by atoms with Crippen molar-refractivity contribution in [2.45, 2.75) is 65.3 Å². The lowest BCUT2D eigenvalue weighted by Gasteiger charge is -2.22. The number of carboxylic acid groups (broad SMARTS) is 1. The molecule has 0 saturated carbocycles. The summed E-state index contributed by atoms with van der Waals surface area (Å²) in [5.41, 5.74) is 5.59. The standard InChI is InChI=1S/C18H30N6O2/c1-3-23-11-8-20-16(23)13-22(10-6-5-7-15(19)18(25)26)14-17-21-9-12-24(17)4-2/h8-9,11-12,15H,3-7,10,13-14,19H2,1-2H3,(H,25,26). The number of aliphatic carboxylic acids is 1. The van der Waals surface area contributed by atoms with Crippen LogP contribution in [-0.2, 0) is 31.0 Å². The van der Waals surface area contributed by atoms with E-state index in [0.717, 1.165) is 57.2 Å². The van der Waals surface area contributed by atoms with Crippen LogP contribution in [0.25, 0.3) is 0 Å². The Bertz CT molecular complexity index is 637. The van der Waals surface area contributed by atoms with Crippen LogP contribution in [0.3, 0.4) is 0 Å². The van der Waals surface area contributed by atoms with Gasteiger partial charge in [0.05, 0.1) is 13.1 Å². The smallest absolute Gasteiger partial charge is 0.320 e. The molecule has 2 rings (SSSR count). The molecule has 2 aromatic rings. The minimum absolute atomic E-state index is 0.496. The van der Waals surface area contributed by atoms with Crippen molar-refractivity contribution in [3.63, 3.8) is 0 Å². The Hall–Kier alpha value is -2.19. The Morgan fingerprint density at radius 2 is 1.65 bits per heavy atom. The summed E-state index contributed by atoms with van der Waals surface area (Å²) in [5, 5.41) is 8.89. The molecule has 0 amide bonds. The maximum Gasteiger partial charge on any atom is 0.320 e. The Morgan fingerprint density at radius 3 is 2.12 bits per heavy atom. The van der Waals surface area contributed by atoms with Crippen LogP contribution in [0.2, 0.25) is 0 Å². The molecule has 0 aliphatic rings. The van der Waals surface area contributed by atoms with Gasteiger partial charge in [0, 0.05) is 37.9 Å². The Morgan fingerprint density at radius 1 is 1.12 bits per heavy atom. The second kappa shape index (κ2) is 10.1. The molecule has 0 spiro atoms. The van der Waals surface area contributed by atoms with Crippen molar-refractivity contribution in [3.05, 3.63) is 36.4 Å². The molecular weight excluding hydrogens is 332 g/mol. The van der Waals surface area contributed by atoms with Crippen molar-refractivity contribution in [1.82, 2.24) is 24.0 Å². The highest BCUT2D eigenvalue weighted by Gasteiger charge is 2.15. The number of aromatic nitrogens is 4. The van der Waals surface area contributed by atoms with E-state index in [1.165, 1.54) is 0 Å². The summed E-state index contributed by atoms with van der Waals surface area (Å²) in [6, 6.07) is -0.776. The van der Waals surface area contributed by atoms with E-state index in [9.17, 15) is 4.79 Å². The Kier molecular flexibility index (Phi) is 7.80. The second-order valence-corrected chi connectivity index (χ2v) is 6.41. The molecule has 26 heavy (non-hydrogen) atoms. The van der Waals surface area contributed by atoms with Gasteiger partial charge in [-0.2, -0.15) is 0 Å². The summed E-state index contributed by atoms with van der Waals surface area (Å²) in [5.74, 6) is 1.13. The average Bonchev–Trinajstić information content (AvgIpc) is 3.26. The van der Waals surface area contributed by atoms with Gasteiger partial charge in [-0.1, -0.05) is 6.42 Å². The molecular formula is C18H30N6O2. The molecule has 0 aliphatic carbocycles. The molecule has 1 unspecified atom stereocenters. The SMILES string of the molecule is CCn1ccnc1CN(CCCCC(N)C(=O)O)Cc1nccn1CC. The van der Waals surface area contributed by atoms with Gasteiger partial charge in [0.15, 0.2) is 0 Å². The molecule has 0 aliphatic heterocycles. The lowest BCUT2D eigenvalue weighted by molar-refractivity contribution is -0.138. The number of nitrogens with two attached hydrogens (primary N) is 1. The molecule has 8 heteroatoms. The second-order valence-electron chi connectivity index (χ2n) is 6.41. The third-order valence-electron chi connectivity index (χ3n) is 4.57. The number of carboxylic acids is 1. The zero-order chi connectivity index (χ0) is 18.9. The van der Waals surface area contributed by atoms with E-state index in [-0.39, 0.29) is 0 Å². The minimum atomic E-state index is -0.934. The van der Waals surface area contributed by atoms with Crippen molar-refractivity contribution >= 4 is 5.97 Å². The maximum atomic E-state index is 10.8. The summed E-state index contributed by atoms with van der Waals surface area (Å²) in [4.78, 5) is 22.1. The number of rotatable bonds is 12. The number of imidazole rings is 2. The first kappa shape index (κ1) is 20.1. The van der Waals surface area contributed by atoms with Crippen LogP contribution >= 0.6 is 0 Å². The van der Waals surface area contributed by atoms with Gasteiger partial charge in [-0.15, -0.1) is 0 Å². The lowest BCUT2D eigenvalue weighted by atomic mass is 10.1. The number of carbonyl (C=O) groups is 1. The van der Waals surface area contributed by atoms with Crippen LogP contribution in [0.5, 0.6) is 0 Å². The van der Waals surface area contributed by atoms with E-state index < -0.39 is 12.0 Å². The van der Waals surface area contributed by atoms with Gasteiger partial charge in [0.2, 0.25) is 0 Å². The highest BCUT2D eigenvalue weighted by molar-refractivity contribution is 5.72. The van der Waals surface area contributed by atoms with E-state index in [0.29, 0.717) is 6.42 Å². The first-order valence-corrected chi connectivity index (χ1v) is 9.25. The number of hydrogen-bond acceptors (Lipinski definition) is 5. The molecule has 0 saturated heterocycles. The van der Waals surface area contributed by atoms with Gasteiger partial charge < -0.3 is 20.0 Å². The Balaban J connectivity index is 1.97. The van der Waals surface area contributed by atoms with Crippen LogP contribution in [0.4, 0.5) is 0 Å². The number of hydrogen-bond donors (Lipinski definition) is 2. The minimum Gasteiger partial charge on any atom is -0.480 e. The molecule has 144 valence electrons. The van der Waals surface area contributed by atoms with Gasteiger partial charge in [-0.05, 0) is 33.2 Å². The summed E-state index contributed by atoms with van der Waals surface area (Å²) in [7, 11) is 0. The van der Waals surface area contributed by atoms with Crippen LogP contribution in [0.1, 0.15) is 44.8 Å². The molecule has 8 nitrogen and oxygen atoms in total. The topological polar surface area (TPSA) is 102 Å². The largest absolute Gasteiger partial charge is 0.480 e. The van der Waals surface area contributed by atoms with Crippen LogP contribution in [0.15, 0.2) is 24.8 Å². The van der Waals surface area contributed by atoms with Crippen molar-refractivity contribution in [1.29, 1.82) is 0 Å². The Labute approximate surface area is 154 Å². The number of unbranched alkanes of at least 4 members (excludes halogenated alkanes) is 1. The summed E-state index contributed by atoms with van der Waals surface area (Å²) < 4.78 is 4.28. The van der Waals surface area contributed by atoms with Crippen LogP contribution < -0.4 is 5.73 Å². The van der Waals surface area contributed by atoms with Gasteiger partial charge in [-0.3, -0.25) is 9.69 Å². The van der Waals surface area contributed by atoms with Gasteiger partial charge >= 0.3 is 5.97 Å². The van der Waals surface area contributed by atoms with Gasteiger partial charge in [-0.25, -0.2) is 9.97 Å².